The summed E-state index contributed by atoms with van der Waals surface area (Å²) >= 11 is 0. The first-order valence-electron chi connectivity index (χ1n) is 7.82. The monoisotopic (exact) mass is 280 g/mol. The minimum atomic E-state index is -1.03. The Balaban J connectivity index is 1.70. The van der Waals surface area contributed by atoms with Gasteiger partial charge in [-0.3, -0.25) is 4.79 Å². The third kappa shape index (κ3) is 2.32. The summed E-state index contributed by atoms with van der Waals surface area (Å²) in [7, 11) is 0. The van der Waals surface area contributed by atoms with Gasteiger partial charge in [-0.2, -0.15) is 0 Å². The summed E-state index contributed by atoms with van der Waals surface area (Å²) in [5.74, 6) is -0.602. The van der Waals surface area contributed by atoms with Gasteiger partial charge in [-0.1, -0.05) is 19.8 Å². The number of amides is 1. The highest BCUT2D eigenvalue weighted by Gasteiger charge is 2.48. The van der Waals surface area contributed by atoms with E-state index in [0.717, 1.165) is 32.1 Å². The number of carboxylic acids is 1. The first-order valence-corrected chi connectivity index (χ1v) is 7.82. The number of carbonyl (C=O) groups is 2. The van der Waals surface area contributed by atoms with Crippen LogP contribution in [0.1, 0.15) is 51.9 Å². The average Bonchev–Trinajstić information content (AvgIpc) is 3.00. The molecule has 1 saturated carbocycles. The van der Waals surface area contributed by atoms with Crippen LogP contribution >= 0.6 is 0 Å². The van der Waals surface area contributed by atoms with Gasteiger partial charge in [0.15, 0.2) is 0 Å². The van der Waals surface area contributed by atoms with E-state index >= 15 is 0 Å². The summed E-state index contributed by atoms with van der Waals surface area (Å²) in [6, 6.07) is 0.716. The van der Waals surface area contributed by atoms with Gasteiger partial charge in [-0.25, -0.2) is 4.79 Å². The van der Waals surface area contributed by atoms with Gasteiger partial charge in [0.1, 0.15) is 5.54 Å². The number of hydrogen-bond acceptors (Lipinski definition) is 3. The highest BCUT2D eigenvalue weighted by Crippen LogP contribution is 2.36. The molecule has 2 bridgehead atoms. The summed E-state index contributed by atoms with van der Waals surface area (Å²) in [4.78, 5) is 24.2. The second-order valence-electron chi connectivity index (χ2n) is 6.97. The molecule has 0 aromatic rings. The van der Waals surface area contributed by atoms with Crippen molar-refractivity contribution in [3.8, 4) is 0 Å². The first kappa shape index (κ1) is 13.9. The molecule has 5 heteroatoms. The van der Waals surface area contributed by atoms with E-state index in [1.165, 1.54) is 0 Å². The van der Waals surface area contributed by atoms with E-state index in [-0.39, 0.29) is 17.9 Å². The van der Waals surface area contributed by atoms with Gasteiger partial charge in [0.05, 0.1) is 5.92 Å². The number of fused-ring (bicyclic) bond motifs is 2. The lowest BCUT2D eigenvalue weighted by Gasteiger charge is -2.38. The topological polar surface area (TPSA) is 78.4 Å². The van der Waals surface area contributed by atoms with Crippen molar-refractivity contribution in [2.24, 2.45) is 11.8 Å². The summed E-state index contributed by atoms with van der Waals surface area (Å²) in [6.45, 7) is 2.07. The van der Waals surface area contributed by atoms with Gasteiger partial charge in [0, 0.05) is 12.1 Å². The van der Waals surface area contributed by atoms with E-state index in [1.54, 1.807) is 0 Å². The molecule has 5 atom stereocenters. The standard InChI is InChI=1S/C15H24N2O3/c1-9-3-2-6-15(8-9,14(19)20)17-13(18)11-7-10-4-5-12(11)16-10/h9-12,16H,2-8H2,1H3,(H,17,18)(H,19,20). The van der Waals surface area contributed by atoms with Crippen LogP contribution in [-0.2, 0) is 9.59 Å². The predicted octanol–water partition coefficient (Wildman–Crippen LogP) is 1.28. The van der Waals surface area contributed by atoms with Crippen molar-refractivity contribution >= 4 is 11.9 Å². The number of hydrogen-bond donors (Lipinski definition) is 3. The molecule has 3 fully saturated rings. The third-order valence-electron chi connectivity index (χ3n) is 5.41. The number of aliphatic carboxylic acids is 1. The number of carbonyl (C=O) groups excluding carboxylic acids is 1. The van der Waals surface area contributed by atoms with Gasteiger partial charge in [-0.15, -0.1) is 0 Å². The Labute approximate surface area is 119 Å². The number of rotatable bonds is 3. The van der Waals surface area contributed by atoms with Crippen molar-refractivity contribution in [1.29, 1.82) is 0 Å². The number of nitrogens with one attached hydrogen (secondary N) is 2. The van der Waals surface area contributed by atoms with Crippen molar-refractivity contribution in [3.05, 3.63) is 0 Å². The molecule has 112 valence electrons. The molecule has 2 heterocycles. The van der Waals surface area contributed by atoms with E-state index in [0.29, 0.717) is 24.8 Å². The molecule has 1 amide bonds. The van der Waals surface area contributed by atoms with E-state index < -0.39 is 11.5 Å². The van der Waals surface area contributed by atoms with Crippen molar-refractivity contribution in [2.45, 2.75) is 69.5 Å². The second kappa shape index (κ2) is 5.02. The molecular formula is C15H24N2O3. The lowest BCUT2D eigenvalue weighted by Crippen LogP contribution is -2.58. The molecule has 3 rings (SSSR count). The molecule has 0 aromatic heterocycles. The Kier molecular flexibility index (Phi) is 3.48. The first-order chi connectivity index (χ1) is 9.50. The zero-order valence-corrected chi connectivity index (χ0v) is 12.0. The molecule has 3 N–H and O–H groups in total. The van der Waals surface area contributed by atoms with Crippen molar-refractivity contribution in [1.82, 2.24) is 10.6 Å². The number of carboxylic acid groups (broad SMARTS) is 1. The average molecular weight is 280 g/mol. The highest BCUT2D eigenvalue weighted by molar-refractivity contribution is 5.88. The molecule has 0 aromatic carbocycles. The molecule has 0 spiro atoms. The van der Waals surface area contributed by atoms with Crippen LogP contribution in [0, 0.1) is 11.8 Å². The second-order valence-corrected chi connectivity index (χ2v) is 6.97. The highest BCUT2D eigenvalue weighted by atomic mass is 16.4. The zero-order chi connectivity index (χ0) is 14.3. The van der Waals surface area contributed by atoms with Crippen LogP contribution in [-0.4, -0.2) is 34.6 Å². The van der Waals surface area contributed by atoms with Crippen LogP contribution < -0.4 is 10.6 Å². The Morgan fingerprint density at radius 2 is 2.10 bits per heavy atom. The zero-order valence-electron chi connectivity index (χ0n) is 12.0. The van der Waals surface area contributed by atoms with Crippen LogP contribution in [0.2, 0.25) is 0 Å². The summed E-state index contributed by atoms with van der Waals surface area (Å²) < 4.78 is 0. The van der Waals surface area contributed by atoms with Gasteiger partial charge in [0.2, 0.25) is 5.91 Å². The Morgan fingerprint density at radius 1 is 1.30 bits per heavy atom. The molecule has 5 nitrogen and oxygen atoms in total. The molecule has 0 radical (unpaired) electrons. The van der Waals surface area contributed by atoms with Crippen LogP contribution in [0.25, 0.3) is 0 Å². The quantitative estimate of drug-likeness (QED) is 0.727. The van der Waals surface area contributed by atoms with E-state index in [2.05, 4.69) is 17.6 Å². The Morgan fingerprint density at radius 3 is 2.65 bits per heavy atom. The van der Waals surface area contributed by atoms with Gasteiger partial charge in [0.25, 0.3) is 0 Å². The normalized spacial score (nSPS) is 43.5. The fraction of sp³-hybridized carbons (Fsp3) is 0.867. The molecule has 2 saturated heterocycles. The lowest BCUT2D eigenvalue weighted by molar-refractivity contribution is -0.150. The molecule has 5 unspecified atom stereocenters. The van der Waals surface area contributed by atoms with Gasteiger partial charge < -0.3 is 15.7 Å². The van der Waals surface area contributed by atoms with Crippen LogP contribution in [0.3, 0.4) is 0 Å². The smallest absolute Gasteiger partial charge is 0.329 e. The molecule has 20 heavy (non-hydrogen) atoms. The fourth-order valence-electron chi connectivity index (χ4n) is 4.35. The maximum atomic E-state index is 12.5. The van der Waals surface area contributed by atoms with E-state index in [4.69, 9.17) is 0 Å². The van der Waals surface area contributed by atoms with Crippen molar-refractivity contribution < 1.29 is 14.7 Å². The van der Waals surface area contributed by atoms with E-state index in [1.807, 2.05) is 0 Å². The minimum absolute atomic E-state index is 0.0396. The third-order valence-corrected chi connectivity index (χ3v) is 5.41. The molecular weight excluding hydrogens is 256 g/mol. The summed E-state index contributed by atoms with van der Waals surface area (Å²) in [5, 5.41) is 15.9. The predicted molar refractivity (Wildman–Crippen MR) is 74.2 cm³/mol. The molecule has 1 aliphatic carbocycles. The molecule has 2 aliphatic heterocycles. The maximum Gasteiger partial charge on any atom is 0.329 e. The van der Waals surface area contributed by atoms with Crippen molar-refractivity contribution in [3.63, 3.8) is 0 Å². The maximum absolute atomic E-state index is 12.5. The largest absolute Gasteiger partial charge is 0.480 e. The van der Waals surface area contributed by atoms with Gasteiger partial charge in [-0.05, 0) is 38.0 Å². The van der Waals surface area contributed by atoms with Crippen LogP contribution in [0.5, 0.6) is 0 Å². The minimum Gasteiger partial charge on any atom is -0.480 e. The summed E-state index contributed by atoms with van der Waals surface area (Å²) in [5.41, 5.74) is -1.03. The van der Waals surface area contributed by atoms with Crippen LogP contribution in [0.4, 0.5) is 0 Å². The Bertz CT molecular complexity index is 425. The SMILES string of the molecule is CC1CCCC(NC(=O)C2CC3CCC2N3)(C(=O)O)C1. The van der Waals surface area contributed by atoms with Gasteiger partial charge >= 0.3 is 5.97 Å². The fourth-order valence-corrected chi connectivity index (χ4v) is 4.35. The summed E-state index contributed by atoms with van der Waals surface area (Å²) in [6.07, 6.45) is 6.11. The van der Waals surface area contributed by atoms with E-state index in [9.17, 15) is 14.7 Å². The lowest BCUT2D eigenvalue weighted by atomic mass is 9.75. The molecule has 3 aliphatic rings. The van der Waals surface area contributed by atoms with Crippen molar-refractivity contribution in [2.75, 3.05) is 0 Å². The van der Waals surface area contributed by atoms with Crippen LogP contribution in [0.15, 0.2) is 0 Å². The Hall–Kier alpha value is -1.10.